The molecule has 1 aromatic carbocycles. The third-order valence-electron chi connectivity index (χ3n) is 2.84. The minimum Gasteiger partial charge on any atom is -0.300 e. The van der Waals surface area contributed by atoms with Gasteiger partial charge in [0, 0.05) is 23.9 Å². The van der Waals surface area contributed by atoms with Crippen molar-refractivity contribution >= 4 is 16.7 Å². The van der Waals surface area contributed by atoms with Crippen LogP contribution in [0.3, 0.4) is 0 Å². The summed E-state index contributed by atoms with van der Waals surface area (Å²) in [5.74, 6) is 0.336. The normalized spacial score (nSPS) is 10.6. The fraction of sp³-hybridized carbons (Fsp3) is 0.333. The van der Waals surface area contributed by atoms with Crippen molar-refractivity contribution < 1.29 is 4.79 Å². The van der Waals surface area contributed by atoms with E-state index in [2.05, 4.69) is 11.1 Å². The van der Waals surface area contributed by atoms with Crippen molar-refractivity contribution in [3.8, 4) is 0 Å². The fourth-order valence-corrected chi connectivity index (χ4v) is 1.92. The Morgan fingerprint density at radius 2 is 1.94 bits per heavy atom. The standard InChI is InChI=1S/C15H17NO/c1-2-5-14(17)11-10-13-9-8-12-6-3-4-7-15(12)16-13/h3-4,6-9H,2,5,10-11H2,1H3. The highest BCUT2D eigenvalue weighted by Gasteiger charge is 2.03. The van der Waals surface area contributed by atoms with E-state index >= 15 is 0 Å². The number of carbonyl (C=O) groups is 1. The number of fused-ring (bicyclic) bond motifs is 1. The molecule has 0 aliphatic carbocycles. The number of ketones is 1. The molecule has 1 aromatic heterocycles. The molecule has 0 saturated carbocycles. The highest BCUT2D eigenvalue weighted by atomic mass is 16.1. The van der Waals surface area contributed by atoms with Crippen molar-refractivity contribution in [3.05, 3.63) is 42.1 Å². The molecule has 0 N–H and O–H groups in total. The summed E-state index contributed by atoms with van der Waals surface area (Å²) in [6.45, 7) is 2.03. The summed E-state index contributed by atoms with van der Waals surface area (Å²) in [7, 11) is 0. The second-order valence-corrected chi connectivity index (χ2v) is 4.28. The van der Waals surface area contributed by atoms with Gasteiger partial charge in [-0.25, -0.2) is 0 Å². The van der Waals surface area contributed by atoms with Crippen molar-refractivity contribution in [1.82, 2.24) is 4.98 Å². The van der Waals surface area contributed by atoms with Crippen LogP contribution in [0.4, 0.5) is 0 Å². The molecule has 0 amide bonds. The van der Waals surface area contributed by atoms with Crippen molar-refractivity contribution in [2.24, 2.45) is 0 Å². The van der Waals surface area contributed by atoms with Crippen molar-refractivity contribution in [2.75, 3.05) is 0 Å². The molecule has 2 aromatic rings. The van der Waals surface area contributed by atoms with Crippen LogP contribution in [0.5, 0.6) is 0 Å². The van der Waals surface area contributed by atoms with Crippen LogP contribution < -0.4 is 0 Å². The molecule has 2 heteroatoms. The topological polar surface area (TPSA) is 30.0 Å². The maximum absolute atomic E-state index is 11.5. The van der Waals surface area contributed by atoms with E-state index in [1.54, 1.807) is 0 Å². The number of hydrogen-bond acceptors (Lipinski definition) is 2. The number of hydrogen-bond donors (Lipinski definition) is 0. The molecular weight excluding hydrogens is 210 g/mol. The monoisotopic (exact) mass is 227 g/mol. The minimum atomic E-state index is 0.336. The molecule has 2 rings (SSSR count). The van der Waals surface area contributed by atoms with E-state index in [-0.39, 0.29) is 0 Å². The number of Topliss-reactive ketones (excluding diaryl/α,β-unsaturated/α-hetero) is 1. The first kappa shape index (κ1) is 11.8. The summed E-state index contributed by atoms with van der Waals surface area (Å²) in [5.41, 5.74) is 2.01. The number of nitrogens with zero attached hydrogens (tertiary/aromatic N) is 1. The van der Waals surface area contributed by atoms with Crippen LogP contribution in [-0.4, -0.2) is 10.8 Å². The van der Waals surface area contributed by atoms with Crippen LogP contribution in [-0.2, 0) is 11.2 Å². The second-order valence-electron chi connectivity index (χ2n) is 4.28. The van der Waals surface area contributed by atoms with Crippen LogP contribution in [0.15, 0.2) is 36.4 Å². The Morgan fingerprint density at radius 1 is 1.12 bits per heavy atom. The second kappa shape index (κ2) is 5.58. The van der Waals surface area contributed by atoms with Crippen LogP contribution in [0, 0.1) is 0 Å². The van der Waals surface area contributed by atoms with Crippen LogP contribution in [0.1, 0.15) is 31.9 Å². The summed E-state index contributed by atoms with van der Waals surface area (Å²) in [5, 5.41) is 1.15. The quantitative estimate of drug-likeness (QED) is 0.782. The average molecular weight is 227 g/mol. The Kier molecular flexibility index (Phi) is 3.86. The number of aromatic nitrogens is 1. The molecule has 0 aliphatic rings. The summed E-state index contributed by atoms with van der Waals surface area (Å²) >= 11 is 0. The van der Waals surface area contributed by atoms with Gasteiger partial charge in [0.1, 0.15) is 5.78 Å². The zero-order valence-electron chi connectivity index (χ0n) is 10.1. The predicted molar refractivity (Wildman–Crippen MR) is 70.0 cm³/mol. The molecule has 0 radical (unpaired) electrons. The third kappa shape index (κ3) is 3.13. The predicted octanol–water partition coefficient (Wildman–Crippen LogP) is 3.54. The van der Waals surface area contributed by atoms with E-state index in [1.807, 2.05) is 37.3 Å². The molecule has 17 heavy (non-hydrogen) atoms. The summed E-state index contributed by atoms with van der Waals surface area (Å²) in [4.78, 5) is 16.0. The molecule has 0 bridgehead atoms. The molecular formula is C15H17NO. The zero-order chi connectivity index (χ0) is 12.1. The Labute approximate surface area is 102 Å². The van der Waals surface area contributed by atoms with Gasteiger partial charge in [-0.05, 0) is 25.0 Å². The fourth-order valence-electron chi connectivity index (χ4n) is 1.92. The lowest BCUT2D eigenvalue weighted by Gasteiger charge is -2.02. The first-order chi connectivity index (χ1) is 8.29. The number of para-hydroxylation sites is 1. The van der Waals surface area contributed by atoms with Gasteiger partial charge in [0.15, 0.2) is 0 Å². The highest BCUT2D eigenvalue weighted by molar-refractivity contribution is 5.79. The molecule has 2 nitrogen and oxygen atoms in total. The third-order valence-corrected chi connectivity index (χ3v) is 2.84. The number of benzene rings is 1. The largest absolute Gasteiger partial charge is 0.300 e. The lowest BCUT2D eigenvalue weighted by atomic mass is 10.1. The van der Waals surface area contributed by atoms with Crippen LogP contribution in [0.2, 0.25) is 0 Å². The van der Waals surface area contributed by atoms with Gasteiger partial charge in [0.05, 0.1) is 5.52 Å². The van der Waals surface area contributed by atoms with Gasteiger partial charge in [0.2, 0.25) is 0 Å². The lowest BCUT2D eigenvalue weighted by molar-refractivity contribution is -0.119. The molecule has 88 valence electrons. The molecule has 0 unspecified atom stereocenters. The Bertz CT molecular complexity index is 519. The van der Waals surface area contributed by atoms with E-state index in [1.165, 1.54) is 0 Å². The number of rotatable bonds is 5. The molecule has 0 aliphatic heterocycles. The lowest BCUT2D eigenvalue weighted by Crippen LogP contribution is -2.00. The van der Waals surface area contributed by atoms with Crippen LogP contribution in [0.25, 0.3) is 10.9 Å². The number of pyridine rings is 1. The Balaban J connectivity index is 2.06. The Morgan fingerprint density at radius 3 is 2.76 bits per heavy atom. The summed E-state index contributed by atoms with van der Waals surface area (Å²) in [6.07, 6.45) is 2.99. The van der Waals surface area contributed by atoms with Gasteiger partial charge >= 0.3 is 0 Å². The molecule has 0 atom stereocenters. The van der Waals surface area contributed by atoms with Gasteiger partial charge in [-0.1, -0.05) is 31.2 Å². The van der Waals surface area contributed by atoms with Gasteiger partial charge in [-0.3, -0.25) is 9.78 Å². The zero-order valence-corrected chi connectivity index (χ0v) is 10.1. The maximum Gasteiger partial charge on any atom is 0.133 e. The van der Waals surface area contributed by atoms with Gasteiger partial charge in [0.25, 0.3) is 0 Å². The summed E-state index contributed by atoms with van der Waals surface area (Å²) < 4.78 is 0. The first-order valence-electron chi connectivity index (χ1n) is 6.16. The summed E-state index contributed by atoms with van der Waals surface area (Å²) in [6, 6.07) is 12.1. The van der Waals surface area contributed by atoms with Gasteiger partial charge in [-0.15, -0.1) is 0 Å². The van der Waals surface area contributed by atoms with E-state index in [0.29, 0.717) is 18.6 Å². The van der Waals surface area contributed by atoms with Crippen LogP contribution >= 0.6 is 0 Å². The maximum atomic E-state index is 11.5. The highest BCUT2D eigenvalue weighted by Crippen LogP contribution is 2.13. The Hall–Kier alpha value is -1.70. The van der Waals surface area contributed by atoms with E-state index < -0.39 is 0 Å². The molecule has 0 fully saturated rings. The number of aryl methyl sites for hydroxylation is 1. The molecule has 1 heterocycles. The smallest absolute Gasteiger partial charge is 0.133 e. The van der Waals surface area contributed by atoms with E-state index in [0.717, 1.165) is 29.4 Å². The minimum absolute atomic E-state index is 0.336. The van der Waals surface area contributed by atoms with E-state index in [4.69, 9.17) is 0 Å². The SMILES string of the molecule is CCCC(=O)CCc1ccc2ccccc2n1. The average Bonchev–Trinajstić information content (AvgIpc) is 2.36. The molecule has 0 saturated heterocycles. The van der Waals surface area contributed by atoms with Crippen molar-refractivity contribution in [2.45, 2.75) is 32.6 Å². The van der Waals surface area contributed by atoms with Crippen molar-refractivity contribution in [1.29, 1.82) is 0 Å². The number of carbonyl (C=O) groups excluding carboxylic acids is 1. The van der Waals surface area contributed by atoms with Crippen molar-refractivity contribution in [3.63, 3.8) is 0 Å². The van der Waals surface area contributed by atoms with Gasteiger partial charge < -0.3 is 0 Å². The first-order valence-corrected chi connectivity index (χ1v) is 6.16. The van der Waals surface area contributed by atoms with E-state index in [9.17, 15) is 4.79 Å². The van der Waals surface area contributed by atoms with Gasteiger partial charge in [-0.2, -0.15) is 0 Å². The molecule has 0 spiro atoms.